The van der Waals surface area contributed by atoms with Crippen LogP contribution in [0.25, 0.3) is 10.2 Å². The molecule has 0 unspecified atom stereocenters. The average Bonchev–Trinajstić information content (AvgIpc) is 3.36. The summed E-state index contributed by atoms with van der Waals surface area (Å²) < 4.78 is 68.7. The van der Waals surface area contributed by atoms with Crippen LogP contribution < -0.4 is 4.90 Å². The first kappa shape index (κ1) is 28.7. The number of carbonyl (C=O) groups is 1. The van der Waals surface area contributed by atoms with Crippen molar-refractivity contribution in [1.29, 1.82) is 0 Å². The second kappa shape index (κ2) is 11.8. The molecule has 1 heterocycles. The Morgan fingerprint density at radius 3 is 2.26 bits per heavy atom. The summed E-state index contributed by atoms with van der Waals surface area (Å²) in [7, 11) is -3.73. The average molecular weight is 576 g/mol. The number of rotatable bonds is 10. The number of fused-ring (bicyclic) bond motifs is 1. The summed E-state index contributed by atoms with van der Waals surface area (Å²) in [5, 5.41) is 0.115. The fraction of sp³-hybridized carbons (Fsp3) is 0.286. The van der Waals surface area contributed by atoms with Crippen molar-refractivity contribution < 1.29 is 26.4 Å². The summed E-state index contributed by atoms with van der Waals surface area (Å²) in [4.78, 5) is 19.3. The minimum atomic E-state index is -4.59. The van der Waals surface area contributed by atoms with E-state index in [1.165, 1.54) is 45.6 Å². The summed E-state index contributed by atoms with van der Waals surface area (Å²) >= 11 is 0.991. The minimum Gasteiger partial charge on any atom is -0.279 e. The number of nitrogens with zero attached hydrogens (tertiary/aromatic N) is 3. The summed E-state index contributed by atoms with van der Waals surface area (Å²) in [6, 6.07) is 18.5. The molecule has 0 N–H and O–H groups in total. The Kier molecular flexibility index (Phi) is 8.73. The van der Waals surface area contributed by atoms with Gasteiger partial charge in [-0.15, -0.1) is 0 Å². The molecule has 11 heteroatoms. The number of anilines is 1. The number of para-hydroxylation sites is 1. The number of unbranched alkanes of at least 4 members (excludes halogenated alkanes) is 1. The molecule has 0 aliphatic heterocycles. The van der Waals surface area contributed by atoms with Crippen LogP contribution in [0.4, 0.5) is 18.3 Å². The van der Waals surface area contributed by atoms with Gasteiger partial charge in [0, 0.05) is 18.7 Å². The number of halogens is 3. The fourth-order valence-corrected chi connectivity index (χ4v) is 6.61. The molecule has 0 saturated heterocycles. The van der Waals surface area contributed by atoms with E-state index in [4.69, 9.17) is 0 Å². The number of amides is 1. The summed E-state index contributed by atoms with van der Waals surface area (Å²) in [5.74, 6) is -0.506. The Labute approximate surface area is 229 Å². The second-order valence-corrected chi connectivity index (χ2v) is 11.8. The third-order valence-corrected chi connectivity index (χ3v) is 9.26. The Bertz CT molecular complexity index is 1540. The molecule has 0 saturated carbocycles. The first-order valence-corrected chi connectivity index (χ1v) is 14.7. The monoisotopic (exact) mass is 575 g/mol. The zero-order valence-corrected chi connectivity index (χ0v) is 23.1. The lowest BCUT2D eigenvalue weighted by atomic mass is 10.1. The predicted molar refractivity (Wildman–Crippen MR) is 147 cm³/mol. The normalized spacial score (nSPS) is 12.3. The molecule has 0 atom stereocenters. The molecule has 4 aromatic rings. The molecule has 0 aliphatic carbocycles. The molecule has 206 valence electrons. The lowest BCUT2D eigenvalue weighted by Gasteiger charge is -2.22. The lowest BCUT2D eigenvalue weighted by Crippen LogP contribution is -2.32. The van der Waals surface area contributed by atoms with Gasteiger partial charge in [-0.25, -0.2) is 13.4 Å². The molecule has 4 rings (SSSR count). The summed E-state index contributed by atoms with van der Waals surface area (Å²) in [6.45, 7) is 4.55. The fourth-order valence-electron chi connectivity index (χ4n) is 4.13. The number of hydrogen-bond acceptors (Lipinski definition) is 5. The van der Waals surface area contributed by atoms with Crippen LogP contribution in [0.5, 0.6) is 0 Å². The van der Waals surface area contributed by atoms with Crippen molar-refractivity contribution in [2.45, 2.75) is 44.3 Å². The van der Waals surface area contributed by atoms with E-state index in [0.717, 1.165) is 35.8 Å². The topological polar surface area (TPSA) is 70.6 Å². The van der Waals surface area contributed by atoms with Crippen molar-refractivity contribution in [2.24, 2.45) is 0 Å². The van der Waals surface area contributed by atoms with E-state index >= 15 is 0 Å². The number of thiazole rings is 1. The molecule has 0 radical (unpaired) electrons. The molecule has 1 aromatic heterocycles. The molecule has 0 spiro atoms. The first-order chi connectivity index (χ1) is 18.6. The predicted octanol–water partition coefficient (Wildman–Crippen LogP) is 6.97. The van der Waals surface area contributed by atoms with Gasteiger partial charge < -0.3 is 0 Å². The van der Waals surface area contributed by atoms with Gasteiger partial charge in [-0.3, -0.25) is 9.69 Å². The Hall–Kier alpha value is -3.28. The highest BCUT2D eigenvalue weighted by molar-refractivity contribution is 7.89. The highest BCUT2D eigenvalue weighted by Gasteiger charge is 2.34. The molecule has 0 bridgehead atoms. The van der Waals surface area contributed by atoms with Crippen LogP contribution in [0, 0.1) is 0 Å². The van der Waals surface area contributed by atoms with Gasteiger partial charge in [0.2, 0.25) is 10.0 Å². The molecule has 0 aliphatic rings. The Morgan fingerprint density at radius 2 is 1.64 bits per heavy atom. The van der Waals surface area contributed by atoms with Gasteiger partial charge in [0.25, 0.3) is 5.91 Å². The van der Waals surface area contributed by atoms with Gasteiger partial charge in [-0.1, -0.05) is 68.0 Å². The minimum absolute atomic E-state index is 0.0708. The molecular formula is C28H28F3N3O3S2. The van der Waals surface area contributed by atoms with Crippen LogP contribution >= 0.6 is 11.3 Å². The SMILES string of the molecule is CCCCN(CC)S(=O)(=O)c1ccc(C(=O)N(Cc2ccccc2)c2nc3c(C(F)(F)F)cccc3s2)cc1. The van der Waals surface area contributed by atoms with Crippen LogP contribution in [0.2, 0.25) is 0 Å². The van der Waals surface area contributed by atoms with Crippen LogP contribution in [-0.2, 0) is 22.7 Å². The number of aromatic nitrogens is 1. The van der Waals surface area contributed by atoms with E-state index in [9.17, 15) is 26.4 Å². The van der Waals surface area contributed by atoms with Gasteiger partial charge in [0.15, 0.2) is 5.13 Å². The first-order valence-electron chi connectivity index (χ1n) is 12.5. The van der Waals surface area contributed by atoms with Crippen LogP contribution in [-0.4, -0.2) is 36.7 Å². The summed E-state index contributed by atoms with van der Waals surface area (Å²) in [6.07, 6.45) is -3.01. The van der Waals surface area contributed by atoms with Crippen molar-refractivity contribution in [1.82, 2.24) is 9.29 Å². The third kappa shape index (κ3) is 6.32. The van der Waals surface area contributed by atoms with E-state index in [0.29, 0.717) is 17.8 Å². The zero-order chi connectivity index (χ0) is 28.2. The molecule has 1 amide bonds. The van der Waals surface area contributed by atoms with Crippen molar-refractivity contribution >= 4 is 42.6 Å². The molecular weight excluding hydrogens is 547 g/mol. The van der Waals surface area contributed by atoms with Crippen molar-refractivity contribution in [3.05, 3.63) is 89.5 Å². The number of alkyl halides is 3. The van der Waals surface area contributed by atoms with Crippen LogP contribution in [0.3, 0.4) is 0 Å². The van der Waals surface area contributed by atoms with Gasteiger partial charge in [0.1, 0.15) is 0 Å². The van der Waals surface area contributed by atoms with Crippen molar-refractivity contribution in [3.8, 4) is 0 Å². The molecule has 39 heavy (non-hydrogen) atoms. The van der Waals surface area contributed by atoms with Gasteiger partial charge in [-0.05, 0) is 48.4 Å². The molecule has 3 aromatic carbocycles. The van der Waals surface area contributed by atoms with Crippen molar-refractivity contribution in [3.63, 3.8) is 0 Å². The van der Waals surface area contributed by atoms with Gasteiger partial charge >= 0.3 is 6.18 Å². The largest absolute Gasteiger partial charge is 0.418 e. The van der Waals surface area contributed by atoms with Crippen LogP contribution in [0.15, 0.2) is 77.7 Å². The number of sulfonamides is 1. The summed E-state index contributed by atoms with van der Waals surface area (Å²) in [5.41, 5.74) is -0.136. The lowest BCUT2D eigenvalue weighted by molar-refractivity contribution is -0.136. The van der Waals surface area contributed by atoms with Crippen molar-refractivity contribution in [2.75, 3.05) is 18.0 Å². The highest BCUT2D eigenvalue weighted by atomic mass is 32.2. The zero-order valence-electron chi connectivity index (χ0n) is 21.5. The number of benzene rings is 3. The maximum atomic E-state index is 13.7. The van der Waals surface area contributed by atoms with E-state index < -0.39 is 27.7 Å². The highest BCUT2D eigenvalue weighted by Crippen LogP contribution is 2.39. The van der Waals surface area contributed by atoms with E-state index in [1.807, 2.05) is 13.0 Å². The quantitative estimate of drug-likeness (QED) is 0.205. The Balaban J connectivity index is 1.71. The molecule has 6 nitrogen and oxygen atoms in total. The third-order valence-electron chi connectivity index (χ3n) is 6.23. The maximum absolute atomic E-state index is 13.7. The number of carbonyl (C=O) groups excluding carboxylic acids is 1. The van der Waals surface area contributed by atoms with Crippen LogP contribution in [0.1, 0.15) is 48.2 Å². The Morgan fingerprint density at radius 1 is 0.949 bits per heavy atom. The molecule has 0 fully saturated rings. The van der Waals surface area contributed by atoms with E-state index in [1.54, 1.807) is 31.2 Å². The van der Waals surface area contributed by atoms with E-state index in [2.05, 4.69) is 4.98 Å². The van der Waals surface area contributed by atoms with Gasteiger partial charge in [0.05, 0.1) is 27.2 Å². The number of hydrogen-bond donors (Lipinski definition) is 0. The standard InChI is InChI=1S/C28H28F3N3O3S2/c1-3-5-18-33(4-2)39(36,37)22-16-14-21(15-17-22)26(35)34(19-20-10-7-6-8-11-20)27-32-25-23(28(29,30)31)12-9-13-24(25)38-27/h6-17H,3-5,18-19H2,1-2H3. The van der Waals surface area contributed by atoms with E-state index in [-0.39, 0.29) is 27.7 Å². The second-order valence-electron chi connectivity index (χ2n) is 8.90. The van der Waals surface area contributed by atoms with Gasteiger partial charge in [-0.2, -0.15) is 17.5 Å². The maximum Gasteiger partial charge on any atom is 0.418 e. The smallest absolute Gasteiger partial charge is 0.279 e.